The summed E-state index contributed by atoms with van der Waals surface area (Å²) >= 11 is 5.12. The third kappa shape index (κ3) is 4.15. The molecule has 0 aliphatic rings. The van der Waals surface area contributed by atoms with E-state index in [0.717, 1.165) is 10.8 Å². The second-order valence-corrected chi connectivity index (χ2v) is 5.83. The SMILES string of the molecule is N#Cc1ccccc1NC(=S)NC(=O)COc1cccc2ccccc12. The fourth-order valence-corrected chi connectivity index (χ4v) is 2.69. The number of anilines is 1. The monoisotopic (exact) mass is 361 g/mol. The number of thiocarbonyl (C=S) groups is 1. The molecular formula is C20H15N3O2S. The van der Waals surface area contributed by atoms with Crippen molar-refractivity contribution in [2.24, 2.45) is 0 Å². The van der Waals surface area contributed by atoms with Gasteiger partial charge >= 0.3 is 0 Å². The smallest absolute Gasteiger partial charge is 0.264 e. The molecule has 0 saturated heterocycles. The van der Waals surface area contributed by atoms with E-state index in [0.29, 0.717) is 17.0 Å². The van der Waals surface area contributed by atoms with Crippen LogP contribution in [0.25, 0.3) is 10.8 Å². The number of ether oxygens (including phenoxy) is 1. The number of benzene rings is 3. The molecule has 26 heavy (non-hydrogen) atoms. The maximum atomic E-state index is 12.1. The summed E-state index contributed by atoms with van der Waals surface area (Å²) in [6, 6.07) is 22.4. The van der Waals surface area contributed by atoms with Crippen LogP contribution >= 0.6 is 12.2 Å². The van der Waals surface area contributed by atoms with Crippen LogP contribution in [0, 0.1) is 11.3 Å². The van der Waals surface area contributed by atoms with E-state index in [4.69, 9.17) is 22.2 Å². The summed E-state index contributed by atoms with van der Waals surface area (Å²) in [7, 11) is 0. The van der Waals surface area contributed by atoms with Crippen molar-refractivity contribution in [1.82, 2.24) is 5.32 Å². The number of nitriles is 1. The highest BCUT2D eigenvalue weighted by atomic mass is 32.1. The van der Waals surface area contributed by atoms with Gasteiger partial charge < -0.3 is 10.1 Å². The fraction of sp³-hybridized carbons (Fsp3) is 0.0500. The second-order valence-electron chi connectivity index (χ2n) is 5.43. The first kappa shape index (κ1) is 17.4. The maximum Gasteiger partial charge on any atom is 0.264 e. The summed E-state index contributed by atoms with van der Waals surface area (Å²) in [6.07, 6.45) is 0. The van der Waals surface area contributed by atoms with Crippen LogP contribution in [0.4, 0.5) is 5.69 Å². The van der Waals surface area contributed by atoms with Crippen LogP contribution in [0.2, 0.25) is 0 Å². The number of carbonyl (C=O) groups is 1. The molecule has 0 atom stereocenters. The Hall–Kier alpha value is -3.43. The first-order valence-electron chi connectivity index (χ1n) is 7.88. The van der Waals surface area contributed by atoms with Crippen LogP contribution in [0.5, 0.6) is 5.75 Å². The van der Waals surface area contributed by atoms with E-state index < -0.39 is 0 Å². The van der Waals surface area contributed by atoms with Gasteiger partial charge in [0.25, 0.3) is 5.91 Å². The minimum atomic E-state index is -0.384. The summed E-state index contributed by atoms with van der Waals surface area (Å²) in [5.74, 6) is 0.247. The Labute approximate surface area is 156 Å². The number of carbonyl (C=O) groups excluding carboxylic acids is 1. The molecule has 5 nitrogen and oxygen atoms in total. The molecule has 0 bridgehead atoms. The normalized spacial score (nSPS) is 9.96. The van der Waals surface area contributed by atoms with Crippen molar-refractivity contribution in [3.8, 4) is 11.8 Å². The Morgan fingerprint density at radius 3 is 2.62 bits per heavy atom. The van der Waals surface area contributed by atoms with Gasteiger partial charge in [-0.15, -0.1) is 0 Å². The fourth-order valence-electron chi connectivity index (χ4n) is 2.47. The average molecular weight is 361 g/mol. The number of fused-ring (bicyclic) bond motifs is 1. The van der Waals surface area contributed by atoms with Crippen LogP contribution in [-0.4, -0.2) is 17.6 Å². The van der Waals surface area contributed by atoms with Crippen molar-refractivity contribution >= 4 is 39.7 Å². The number of rotatable bonds is 4. The summed E-state index contributed by atoms with van der Waals surface area (Å²) in [5.41, 5.74) is 0.978. The van der Waals surface area contributed by atoms with Gasteiger partial charge in [0.2, 0.25) is 0 Å². The van der Waals surface area contributed by atoms with Crippen molar-refractivity contribution in [2.45, 2.75) is 0 Å². The van der Waals surface area contributed by atoms with E-state index in [1.807, 2.05) is 42.5 Å². The van der Waals surface area contributed by atoms with E-state index >= 15 is 0 Å². The summed E-state index contributed by atoms with van der Waals surface area (Å²) < 4.78 is 5.63. The topological polar surface area (TPSA) is 74.2 Å². The highest BCUT2D eigenvalue weighted by Gasteiger charge is 2.09. The third-order valence-corrected chi connectivity index (χ3v) is 3.86. The molecule has 0 spiro atoms. The lowest BCUT2D eigenvalue weighted by molar-refractivity contribution is -0.121. The molecule has 3 aromatic rings. The number of hydrogen-bond acceptors (Lipinski definition) is 4. The number of hydrogen-bond donors (Lipinski definition) is 2. The second kappa shape index (κ2) is 8.10. The molecule has 0 aromatic heterocycles. The zero-order chi connectivity index (χ0) is 18.4. The molecule has 3 rings (SSSR count). The molecule has 1 amide bonds. The predicted octanol–water partition coefficient (Wildman–Crippen LogP) is 3.60. The Morgan fingerprint density at radius 1 is 1.04 bits per heavy atom. The molecular weight excluding hydrogens is 346 g/mol. The first-order valence-corrected chi connectivity index (χ1v) is 8.29. The molecule has 3 aromatic carbocycles. The van der Waals surface area contributed by atoms with Crippen LogP contribution in [-0.2, 0) is 4.79 Å². The highest BCUT2D eigenvalue weighted by Crippen LogP contribution is 2.24. The van der Waals surface area contributed by atoms with Gasteiger partial charge in [0.15, 0.2) is 11.7 Å². The van der Waals surface area contributed by atoms with Gasteiger partial charge in [0, 0.05) is 5.39 Å². The minimum Gasteiger partial charge on any atom is -0.483 e. The number of para-hydroxylation sites is 1. The molecule has 0 fully saturated rings. The Kier molecular flexibility index (Phi) is 5.42. The van der Waals surface area contributed by atoms with Gasteiger partial charge in [-0.25, -0.2) is 0 Å². The van der Waals surface area contributed by atoms with Gasteiger partial charge in [0.05, 0.1) is 11.3 Å². The van der Waals surface area contributed by atoms with E-state index in [1.54, 1.807) is 24.3 Å². The largest absolute Gasteiger partial charge is 0.483 e. The standard InChI is InChI=1S/C20H15N3O2S/c21-12-15-7-2-4-10-17(15)22-20(26)23-19(24)13-25-18-11-5-8-14-6-1-3-9-16(14)18/h1-11H,13H2,(H2,22,23,24,26). The molecule has 0 radical (unpaired) electrons. The molecule has 6 heteroatoms. The third-order valence-electron chi connectivity index (χ3n) is 3.66. The minimum absolute atomic E-state index is 0.110. The van der Waals surface area contributed by atoms with Crippen LogP contribution in [0.1, 0.15) is 5.56 Å². The van der Waals surface area contributed by atoms with E-state index in [1.165, 1.54) is 0 Å². The Balaban J connectivity index is 1.59. The predicted molar refractivity (Wildman–Crippen MR) is 105 cm³/mol. The van der Waals surface area contributed by atoms with Gasteiger partial charge in [-0.3, -0.25) is 10.1 Å². The summed E-state index contributed by atoms with van der Waals surface area (Å²) in [6.45, 7) is -0.171. The number of nitrogens with one attached hydrogen (secondary N) is 2. The van der Waals surface area contributed by atoms with Crippen molar-refractivity contribution in [3.05, 3.63) is 72.3 Å². The lowest BCUT2D eigenvalue weighted by atomic mass is 10.1. The first-order chi connectivity index (χ1) is 12.7. The van der Waals surface area contributed by atoms with Crippen LogP contribution in [0.3, 0.4) is 0 Å². The van der Waals surface area contributed by atoms with E-state index in [9.17, 15) is 4.79 Å². The van der Waals surface area contributed by atoms with E-state index in [2.05, 4.69) is 16.7 Å². The van der Waals surface area contributed by atoms with Gasteiger partial charge in [-0.1, -0.05) is 48.5 Å². The molecule has 0 saturated carbocycles. The molecule has 128 valence electrons. The van der Waals surface area contributed by atoms with Crippen molar-refractivity contribution in [1.29, 1.82) is 5.26 Å². The summed E-state index contributed by atoms with van der Waals surface area (Å²) in [4.78, 5) is 12.1. The number of nitrogens with zero attached hydrogens (tertiary/aromatic N) is 1. The Morgan fingerprint density at radius 2 is 1.77 bits per heavy atom. The van der Waals surface area contributed by atoms with Gasteiger partial charge in [-0.05, 0) is 35.8 Å². The molecule has 2 N–H and O–H groups in total. The van der Waals surface area contributed by atoms with Gasteiger partial charge in [0.1, 0.15) is 11.8 Å². The zero-order valence-electron chi connectivity index (χ0n) is 13.7. The van der Waals surface area contributed by atoms with E-state index in [-0.39, 0.29) is 17.6 Å². The Bertz CT molecular complexity index is 1010. The van der Waals surface area contributed by atoms with Crippen molar-refractivity contribution < 1.29 is 9.53 Å². The lowest BCUT2D eigenvalue weighted by Crippen LogP contribution is -2.37. The maximum absolute atomic E-state index is 12.1. The van der Waals surface area contributed by atoms with Crippen molar-refractivity contribution in [2.75, 3.05) is 11.9 Å². The lowest BCUT2D eigenvalue weighted by Gasteiger charge is -2.12. The molecule has 0 unspecified atom stereocenters. The van der Waals surface area contributed by atoms with Crippen LogP contribution in [0.15, 0.2) is 66.7 Å². The number of amides is 1. The quantitative estimate of drug-likeness (QED) is 0.695. The summed E-state index contributed by atoms with van der Waals surface area (Å²) in [5, 5.41) is 16.5. The van der Waals surface area contributed by atoms with Crippen LogP contribution < -0.4 is 15.4 Å². The zero-order valence-corrected chi connectivity index (χ0v) is 14.5. The van der Waals surface area contributed by atoms with Gasteiger partial charge in [-0.2, -0.15) is 5.26 Å². The molecule has 0 heterocycles. The molecule has 0 aliphatic carbocycles. The van der Waals surface area contributed by atoms with Crippen molar-refractivity contribution in [3.63, 3.8) is 0 Å². The highest BCUT2D eigenvalue weighted by molar-refractivity contribution is 7.80. The molecule has 0 aliphatic heterocycles. The average Bonchev–Trinajstić information content (AvgIpc) is 2.66.